The zero-order chi connectivity index (χ0) is 17.6. The highest BCUT2D eigenvalue weighted by molar-refractivity contribution is 5.95. The number of benzene rings is 1. The molecule has 1 aromatic heterocycles. The molecular weight excluding hydrogens is 314 g/mol. The van der Waals surface area contributed by atoms with E-state index in [9.17, 15) is 4.79 Å². The lowest BCUT2D eigenvalue weighted by molar-refractivity contribution is -0.0429. The van der Waals surface area contributed by atoms with E-state index in [1.54, 1.807) is 12.3 Å². The van der Waals surface area contributed by atoms with E-state index in [0.29, 0.717) is 18.7 Å². The summed E-state index contributed by atoms with van der Waals surface area (Å²) >= 11 is 0. The first-order valence-corrected chi connectivity index (χ1v) is 8.71. The second-order valence-corrected chi connectivity index (χ2v) is 6.59. The van der Waals surface area contributed by atoms with Crippen molar-refractivity contribution in [1.29, 1.82) is 0 Å². The highest BCUT2D eigenvalue weighted by Crippen LogP contribution is 2.18. The van der Waals surface area contributed by atoms with Crippen LogP contribution < -0.4 is 4.90 Å². The van der Waals surface area contributed by atoms with Gasteiger partial charge in [-0.3, -0.25) is 4.79 Å². The maximum absolute atomic E-state index is 12.5. The molecule has 0 N–H and O–H groups in total. The summed E-state index contributed by atoms with van der Waals surface area (Å²) in [6, 6.07) is 14.0. The van der Waals surface area contributed by atoms with E-state index in [-0.39, 0.29) is 12.0 Å². The van der Waals surface area contributed by atoms with Crippen LogP contribution >= 0.6 is 0 Å². The SMILES string of the molecule is CN(C)c1cc(C(=O)N2CC(OCCCc3ccccc3)C2)ccn1. The van der Waals surface area contributed by atoms with Gasteiger partial charge in [-0.25, -0.2) is 4.98 Å². The van der Waals surface area contributed by atoms with Crippen LogP contribution in [0.1, 0.15) is 22.3 Å². The molecule has 2 aromatic rings. The van der Waals surface area contributed by atoms with E-state index < -0.39 is 0 Å². The second-order valence-electron chi connectivity index (χ2n) is 6.59. The van der Waals surface area contributed by atoms with Gasteiger partial charge in [-0.15, -0.1) is 0 Å². The molecule has 1 amide bonds. The molecule has 1 fully saturated rings. The summed E-state index contributed by atoms with van der Waals surface area (Å²) in [6.07, 6.45) is 3.88. The molecule has 0 aliphatic carbocycles. The molecule has 0 atom stereocenters. The largest absolute Gasteiger partial charge is 0.375 e. The predicted octanol–water partition coefficient (Wildman–Crippen LogP) is 2.62. The van der Waals surface area contributed by atoms with Gasteiger partial charge in [0.15, 0.2) is 0 Å². The zero-order valence-corrected chi connectivity index (χ0v) is 14.9. The molecule has 1 aromatic carbocycles. The highest BCUT2D eigenvalue weighted by Gasteiger charge is 2.31. The Bertz CT molecular complexity index is 697. The third-order valence-electron chi connectivity index (χ3n) is 4.39. The van der Waals surface area contributed by atoms with Gasteiger partial charge in [0.2, 0.25) is 0 Å². The van der Waals surface area contributed by atoms with Crippen LogP contribution in [0.5, 0.6) is 0 Å². The molecule has 1 saturated heterocycles. The van der Waals surface area contributed by atoms with Crippen LogP contribution in [0, 0.1) is 0 Å². The van der Waals surface area contributed by atoms with Crippen molar-refractivity contribution >= 4 is 11.7 Å². The smallest absolute Gasteiger partial charge is 0.254 e. The van der Waals surface area contributed by atoms with E-state index in [2.05, 4.69) is 29.2 Å². The number of nitrogens with zero attached hydrogens (tertiary/aromatic N) is 3. The topological polar surface area (TPSA) is 45.7 Å². The number of amides is 1. The van der Waals surface area contributed by atoms with Crippen LogP contribution in [-0.2, 0) is 11.2 Å². The Morgan fingerprint density at radius 1 is 1.24 bits per heavy atom. The molecule has 5 nitrogen and oxygen atoms in total. The Balaban J connectivity index is 1.39. The Morgan fingerprint density at radius 3 is 2.72 bits per heavy atom. The molecular formula is C20H25N3O2. The van der Waals surface area contributed by atoms with Gasteiger partial charge in [0.05, 0.1) is 6.10 Å². The second kappa shape index (κ2) is 8.12. The van der Waals surface area contributed by atoms with Crippen LogP contribution in [-0.4, -0.2) is 55.7 Å². The van der Waals surface area contributed by atoms with E-state index in [1.807, 2.05) is 36.0 Å². The average molecular weight is 339 g/mol. The summed E-state index contributed by atoms with van der Waals surface area (Å²) in [7, 11) is 3.83. The molecule has 132 valence electrons. The molecule has 0 radical (unpaired) electrons. The molecule has 25 heavy (non-hydrogen) atoms. The molecule has 2 heterocycles. The van der Waals surface area contributed by atoms with E-state index >= 15 is 0 Å². The van der Waals surface area contributed by atoms with Crippen LogP contribution in [0.2, 0.25) is 0 Å². The number of rotatable bonds is 7. The zero-order valence-electron chi connectivity index (χ0n) is 14.9. The van der Waals surface area contributed by atoms with Gasteiger partial charge in [0, 0.05) is 45.6 Å². The molecule has 0 bridgehead atoms. The number of aryl methyl sites for hydroxylation is 1. The van der Waals surface area contributed by atoms with Gasteiger partial charge in [0.25, 0.3) is 5.91 Å². The number of aromatic nitrogens is 1. The van der Waals surface area contributed by atoms with E-state index in [4.69, 9.17) is 4.74 Å². The summed E-state index contributed by atoms with van der Waals surface area (Å²) in [6.45, 7) is 2.08. The Kier molecular flexibility index (Phi) is 5.66. The van der Waals surface area contributed by atoms with Crippen molar-refractivity contribution in [3.63, 3.8) is 0 Å². The highest BCUT2D eigenvalue weighted by atomic mass is 16.5. The van der Waals surface area contributed by atoms with Crippen molar-refractivity contribution in [3.05, 3.63) is 59.8 Å². The molecule has 0 saturated carbocycles. The van der Waals surface area contributed by atoms with Gasteiger partial charge in [-0.1, -0.05) is 30.3 Å². The summed E-state index contributed by atoms with van der Waals surface area (Å²) in [5.74, 6) is 0.842. The number of likely N-dealkylation sites (tertiary alicyclic amines) is 1. The molecule has 0 spiro atoms. The lowest BCUT2D eigenvalue weighted by Gasteiger charge is -2.39. The minimum absolute atomic E-state index is 0.0506. The van der Waals surface area contributed by atoms with E-state index in [1.165, 1.54) is 5.56 Å². The lowest BCUT2D eigenvalue weighted by atomic mass is 10.1. The van der Waals surface area contributed by atoms with Gasteiger partial charge in [-0.2, -0.15) is 0 Å². The van der Waals surface area contributed by atoms with E-state index in [0.717, 1.165) is 25.3 Å². The fourth-order valence-electron chi connectivity index (χ4n) is 2.86. The first-order valence-electron chi connectivity index (χ1n) is 8.71. The van der Waals surface area contributed by atoms with Crippen LogP contribution in [0.25, 0.3) is 0 Å². The Morgan fingerprint density at radius 2 is 2.00 bits per heavy atom. The summed E-state index contributed by atoms with van der Waals surface area (Å²) in [5, 5.41) is 0. The van der Waals surface area contributed by atoms with Crippen molar-refractivity contribution in [2.24, 2.45) is 0 Å². The summed E-state index contributed by atoms with van der Waals surface area (Å²) < 4.78 is 5.86. The maximum Gasteiger partial charge on any atom is 0.254 e. The van der Waals surface area contributed by atoms with Crippen molar-refractivity contribution < 1.29 is 9.53 Å². The number of carbonyl (C=O) groups excluding carboxylic acids is 1. The van der Waals surface area contributed by atoms with Crippen molar-refractivity contribution in [1.82, 2.24) is 9.88 Å². The predicted molar refractivity (Wildman–Crippen MR) is 99.0 cm³/mol. The first kappa shape index (κ1) is 17.4. The Hall–Kier alpha value is -2.40. The number of carbonyl (C=O) groups is 1. The quantitative estimate of drug-likeness (QED) is 0.728. The number of pyridine rings is 1. The van der Waals surface area contributed by atoms with Crippen molar-refractivity contribution in [3.8, 4) is 0 Å². The number of anilines is 1. The number of hydrogen-bond donors (Lipinski definition) is 0. The van der Waals surface area contributed by atoms with Gasteiger partial charge in [-0.05, 0) is 30.5 Å². The van der Waals surface area contributed by atoms with Gasteiger partial charge >= 0.3 is 0 Å². The number of ether oxygens (including phenoxy) is 1. The first-order chi connectivity index (χ1) is 12.1. The molecule has 1 aliphatic rings. The third-order valence-corrected chi connectivity index (χ3v) is 4.39. The molecule has 3 rings (SSSR count). The van der Waals surface area contributed by atoms with Crippen molar-refractivity contribution in [2.45, 2.75) is 18.9 Å². The standard InChI is InChI=1S/C20H25N3O2/c1-22(2)19-13-17(10-11-21-19)20(24)23-14-18(15-23)25-12-6-9-16-7-4-3-5-8-16/h3-5,7-8,10-11,13,18H,6,9,12,14-15H2,1-2H3. The monoisotopic (exact) mass is 339 g/mol. The fraction of sp³-hybridized carbons (Fsp3) is 0.400. The fourth-order valence-corrected chi connectivity index (χ4v) is 2.86. The molecule has 0 unspecified atom stereocenters. The summed E-state index contributed by atoms with van der Waals surface area (Å²) in [4.78, 5) is 20.5. The molecule has 1 aliphatic heterocycles. The lowest BCUT2D eigenvalue weighted by Crippen LogP contribution is -2.54. The van der Waals surface area contributed by atoms with Crippen LogP contribution in [0.4, 0.5) is 5.82 Å². The number of hydrogen-bond acceptors (Lipinski definition) is 4. The molecule has 5 heteroatoms. The minimum atomic E-state index is 0.0506. The van der Waals surface area contributed by atoms with Crippen LogP contribution in [0.15, 0.2) is 48.7 Å². The van der Waals surface area contributed by atoms with Gasteiger partial charge < -0.3 is 14.5 Å². The maximum atomic E-state index is 12.5. The normalized spacial score (nSPS) is 14.2. The summed E-state index contributed by atoms with van der Waals surface area (Å²) in [5.41, 5.74) is 2.02. The van der Waals surface area contributed by atoms with Gasteiger partial charge in [0.1, 0.15) is 5.82 Å². The van der Waals surface area contributed by atoms with Crippen molar-refractivity contribution in [2.75, 3.05) is 38.7 Å². The average Bonchev–Trinajstić information content (AvgIpc) is 2.60. The Labute approximate surface area is 149 Å². The minimum Gasteiger partial charge on any atom is -0.375 e. The third kappa shape index (κ3) is 4.57. The van der Waals surface area contributed by atoms with Crippen LogP contribution in [0.3, 0.4) is 0 Å².